The van der Waals surface area contributed by atoms with Gasteiger partial charge in [-0.2, -0.15) is 0 Å². The van der Waals surface area contributed by atoms with Crippen molar-refractivity contribution in [3.05, 3.63) is 70.8 Å². The Morgan fingerprint density at radius 1 is 0.857 bits per heavy atom. The van der Waals surface area contributed by atoms with E-state index in [0.717, 1.165) is 24.3 Å². The highest BCUT2D eigenvalue weighted by Gasteiger charge is 2.28. The van der Waals surface area contributed by atoms with E-state index in [1.54, 1.807) is 13.8 Å². The lowest BCUT2D eigenvalue weighted by Crippen LogP contribution is -2.50. The van der Waals surface area contributed by atoms with Crippen LogP contribution >= 0.6 is 0 Å². The molecule has 0 heterocycles. The van der Waals surface area contributed by atoms with Gasteiger partial charge in [0.05, 0.1) is 6.04 Å². The van der Waals surface area contributed by atoms with Crippen LogP contribution in [0.5, 0.6) is 0 Å². The summed E-state index contributed by atoms with van der Waals surface area (Å²) in [7, 11) is 0. The molecule has 0 bridgehead atoms. The van der Waals surface area contributed by atoms with Crippen molar-refractivity contribution >= 4 is 11.8 Å². The largest absolute Gasteiger partial charge is 0.348 e. The van der Waals surface area contributed by atoms with Crippen molar-refractivity contribution in [1.29, 1.82) is 0 Å². The lowest BCUT2D eigenvalue weighted by atomic mass is 10.0. The van der Waals surface area contributed by atoms with Crippen molar-refractivity contribution in [2.24, 2.45) is 5.92 Å². The first-order chi connectivity index (χ1) is 13.1. The number of hydrogen-bond donors (Lipinski definition) is 2. The van der Waals surface area contributed by atoms with Crippen molar-refractivity contribution in [2.45, 2.75) is 32.9 Å². The summed E-state index contributed by atoms with van der Waals surface area (Å²) < 4.78 is 54.5. The molecule has 0 aliphatic carbocycles. The van der Waals surface area contributed by atoms with Gasteiger partial charge in [0.25, 0.3) is 5.91 Å². The Labute approximate surface area is 159 Å². The Morgan fingerprint density at radius 3 is 2.00 bits per heavy atom. The van der Waals surface area contributed by atoms with Crippen LogP contribution in [0.2, 0.25) is 0 Å². The average molecular weight is 396 g/mol. The molecule has 2 aromatic rings. The molecule has 2 aromatic carbocycles. The van der Waals surface area contributed by atoms with Gasteiger partial charge < -0.3 is 10.6 Å². The molecular formula is C20H20F4N2O2. The van der Waals surface area contributed by atoms with Gasteiger partial charge in [-0.1, -0.05) is 26.0 Å². The van der Waals surface area contributed by atoms with E-state index in [1.807, 2.05) is 0 Å². The zero-order valence-corrected chi connectivity index (χ0v) is 15.5. The number of hydrogen-bond acceptors (Lipinski definition) is 2. The number of rotatable bonds is 6. The molecule has 2 N–H and O–H groups in total. The van der Waals surface area contributed by atoms with Gasteiger partial charge in [0.15, 0.2) is 0 Å². The molecule has 2 rings (SSSR count). The molecule has 150 valence electrons. The minimum Gasteiger partial charge on any atom is -0.348 e. The lowest BCUT2D eigenvalue weighted by Gasteiger charge is -2.24. The van der Waals surface area contributed by atoms with Gasteiger partial charge in [-0.3, -0.25) is 9.59 Å². The first-order valence-corrected chi connectivity index (χ1v) is 8.62. The number of carbonyl (C=O) groups excluding carboxylic acids is 2. The molecule has 0 unspecified atom stereocenters. The maximum Gasteiger partial charge on any atom is 0.257 e. The van der Waals surface area contributed by atoms with Crippen molar-refractivity contribution in [3.63, 3.8) is 0 Å². The van der Waals surface area contributed by atoms with Crippen LogP contribution in [0.4, 0.5) is 17.6 Å². The Hall–Kier alpha value is -2.90. The van der Waals surface area contributed by atoms with Gasteiger partial charge in [-0.25, -0.2) is 17.6 Å². The highest BCUT2D eigenvalue weighted by molar-refractivity contribution is 5.98. The Kier molecular flexibility index (Phi) is 6.77. The molecule has 0 saturated heterocycles. The van der Waals surface area contributed by atoms with Crippen molar-refractivity contribution in [3.8, 4) is 0 Å². The first-order valence-electron chi connectivity index (χ1n) is 8.62. The smallest absolute Gasteiger partial charge is 0.257 e. The van der Waals surface area contributed by atoms with Crippen molar-refractivity contribution in [2.75, 3.05) is 0 Å². The predicted octanol–water partition coefficient (Wildman–Crippen LogP) is 3.87. The Bertz CT molecular complexity index is 866. The molecule has 0 radical (unpaired) electrons. The van der Waals surface area contributed by atoms with Crippen LogP contribution in [0.15, 0.2) is 36.4 Å². The van der Waals surface area contributed by atoms with Crippen molar-refractivity contribution in [1.82, 2.24) is 10.6 Å². The van der Waals surface area contributed by atoms with Gasteiger partial charge in [0.1, 0.15) is 34.9 Å². The number of nitrogens with one attached hydrogen (secondary N) is 2. The summed E-state index contributed by atoms with van der Waals surface area (Å²) in [6, 6.07) is 3.99. The van der Waals surface area contributed by atoms with E-state index in [4.69, 9.17) is 0 Å². The van der Waals surface area contributed by atoms with Gasteiger partial charge >= 0.3 is 0 Å². The molecule has 2 amide bonds. The lowest BCUT2D eigenvalue weighted by molar-refractivity contribution is -0.124. The maximum atomic E-state index is 13.9. The molecule has 0 fully saturated rings. The van der Waals surface area contributed by atoms with Crippen LogP contribution in [-0.2, 0) is 4.79 Å². The second-order valence-corrected chi connectivity index (χ2v) is 6.69. The van der Waals surface area contributed by atoms with Crippen LogP contribution in [-0.4, -0.2) is 17.9 Å². The fraction of sp³-hybridized carbons (Fsp3) is 0.300. The normalized spacial score (nSPS) is 13.1. The molecule has 4 nitrogen and oxygen atoms in total. The van der Waals surface area contributed by atoms with Gasteiger partial charge in [0.2, 0.25) is 5.91 Å². The van der Waals surface area contributed by atoms with Crippen LogP contribution in [0.25, 0.3) is 0 Å². The van der Waals surface area contributed by atoms with Crippen LogP contribution in [0.1, 0.15) is 42.7 Å². The minimum atomic E-state index is -1.13. The monoisotopic (exact) mass is 396 g/mol. The highest BCUT2D eigenvalue weighted by atomic mass is 19.1. The summed E-state index contributed by atoms with van der Waals surface area (Å²) in [4.78, 5) is 24.9. The zero-order valence-electron chi connectivity index (χ0n) is 15.5. The van der Waals surface area contributed by atoms with E-state index in [-0.39, 0.29) is 5.56 Å². The van der Waals surface area contributed by atoms with Crippen LogP contribution in [0, 0.1) is 29.2 Å². The topological polar surface area (TPSA) is 58.2 Å². The van der Waals surface area contributed by atoms with Crippen molar-refractivity contribution < 1.29 is 27.2 Å². The summed E-state index contributed by atoms with van der Waals surface area (Å²) in [6.45, 7) is 4.75. The molecule has 2 atom stereocenters. The molecular weight excluding hydrogens is 376 g/mol. The number of carbonyl (C=O) groups is 2. The predicted molar refractivity (Wildman–Crippen MR) is 95.4 cm³/mol. The number of amides is 2. The first kappa shape index (κ1) is 21.4. The molecule has 0 aliphatic rings. The standard InChI is InChI=1S/C20H20F4N2O2/c1-10(2)18(26-19(27)17-14(22)5-4-6-15(17)23)20(28)25-11(3)13-8-7-12(21)9-16(13)24/h4-11,18H,1-3H3,(H,25,28)(H,26,27)/t11-,18-/m1/s1. The van der Waals surface area contributed by atoms with E-state index >= 15 is 0 Å². The van der Waals surface area contributed by atoms with Gasteiger partial charge in [-0.05, 0) is 31.0 Å². The summed E-state index contributed by atoms with van der Waals surface area (Å²) in [6.07, 6.45) is 0. The molecule has 8 heteroatoms. The van der Waals surface area contributed by atoms with E-state index in [0.29, 0.717) is 6.07 Å². The maximum absolute atomic E-state index is 13.9. The molecule has 0 aromatic heterocycles. The second-order valence-electron chi connectivity index (χ2n) is 6.69. The molecule has 28 heavy (non-hydrogen) atoms. The highest BCUT2D eigenvalue weighted by Crippen LogP contribution is 2.19. The summed E-state index contributed by atoms with van der Waals surface area (Å²) in [5, 5.41) is 4.83. The third kappa shape index (κ3) is 4.88. The fourth-order valence-electron chi connectivity index (χ4n) is 2.70. The average Bonchev–Trinajstić information content (AvgIpc) is 2.58. The van der Waals surface area contributed by atoms with E-state index < -0.39 is 58.6 Å². The van der Waals surface area contributed by atoms with E-state index in [1.165, 1.54) is 13.0 Å². The third-order valence-electron chi connectivity index (χ3n) is 4.21. The molecule has 0 saturated carbocycles. The van der Waals surface area contributed by atoms with Gasteiger partial charge in [-0.15, -0.1) is 0 Å². The van der Waals surface area contributed by atoms with E-state index in [9.17, 15) is 27.2 Å². The van der Waals surface area contributed by atoms with E-state index in [2.05, 4.69) is 10.6 Å². The Morgan fingerprint density at radius 2 is 1.46 bits per heavy atom. The fourth-order valence-corrected chi connectivity index (χ4v) is 2.70. The third-order valence-corrected chi connectivity index (χ3v) is 4.21. The number of benzene rings is 2. The van der Waals surface area contributed by atoms with Crippen LogP contribution in [0.3, 0.4) is 0 Å². The quantitative estimate of drug-likeness (QED) is 0.729. The Balaban J connectivity index is 2.17. The number of halogens is 4. The summed E-state index contributed by atoms with van der Waals surface area (Å²) >= 11 is 0. The summed E-state index contributed by atoms with van der Waals surface area (Å²) in [5.41, 5.74) is -0.734. The molecule has 0 aliphatic heterocycles. The van der Waals surface area contributed by atoms with Crippen LogP contribution < -0.4 is 10.6 Å². The van der Waals surface area contributed by atoms with Gasteiger partial charge in [0, 0.05) is 11.6 Å². The minimum absolute atomic E-state index is 0.0590. The zero-order chi connectivity index (χ0) is 21.0. The molecule has 0 spiro atoms. The second kappa shape index (κ2) is 8.86. The summed E-state index contributed by atoms with van der Waals surface area (Å²) in [5.74, 6) is -5.86. The SMILES string of the molecule is CC(C)[C@@H](NC(=O)c1c(F)cccc1F)C(=O)N[C@H](C)c1ccc(F)cc1F.